The van der Waals surface area contributed by atoms with Crippen molar-refractivity contribution in [2.75, 3.05) is 7.11 Å². The Balaban J connectivity index is 1.78. The van der Waals surface area contributed by atoms with Gasteiger partial charge in [0.25, 0.3) is 0 Å². The van der Waals surface area contributed by atoms with Gasteiger partial charge < -0.3 is 29.5 Å². The van der Waals surface area contributed by atoms with Crippen LogP contribution in [0.4, 0.5) is 0 Å². The van der Waals surface area contributed by atoms with Crippen LogP contribution < -0.4 is 0 Å². The van der Waals surface area contributed by atoms with Crippen LogP contribution in [0.1, 0.15) is 24.2 Å². The lowest BCUT2D eigenvalue weighted by Gasteiger charge is -2.42. The lowest BCUT2D eigenvalue weighted by Crippen LogP contribution is -2.59. The number of rotatable bonds is 3. The molecule has 0 saturated carbocycles. The average Bonchev–Trinajstić information content (AvgIpc) is 2.57. The maximum atomic E-state index is 10.5. The van der Waals surface area contributed by atoms with Crippen LogP contribution >= 0.6 is 0 Å². The third kappa shape index (κ3) is 3.06. The first kappa shape index (κ1) is 16.6. The van der Waals surface area contributed by atoms with Crippen LogP contribution in [0.3, 0.4) is 0 Å². The predicted octanol–water partition coefficient (Wildman–Crippen LogP) is 0.614. The summed E-state index contributed by atoms with van der Waals surface area (Å²) in [4.78, 5) is 0. The number of hydrogen-bond acceptors (Lipinski definition) is 6. The van der Waals surface area contributed by atoms with Crippen molar-refractivity contribution in [1.29, 1.82) is 0 Å². The lowest BCUT2D eigenvalue weighted by atomic mass is 9.92. The van der Waals surface area contributed by atoms with Crippen molar-refractivity contribution < 1.29 is 29.5 Å². The Bertz CT molecular complexity index is 574. The molecule has 126 valence electrons. The zero-order valence-electron chi connectivity index (χ0n) is 13.1. The standard InChI is InChI=1S/C17H22O6/c1-9-13(18)16(15(20)17(21-2)22-9)23-12-8-7-10-5-3-4-6-11(10)14(12)19/h3-9,12-20H,1-2H3/t9-,12+,13+,14+,15-,16+,17+/m0/s1. The Hall–Kier alpha value is -1.28. The molecule has 1 aromatic carbocycles. The summed E-state index contributed by atoms with van der Waals surface area (Å²) in [7, 11) is 1.42. The molecule has 1 aliphatic heterocycles. The fourth-order valence-corrected chi connectivity index (χ4v) is 3.07. The summed E-state index contributed by atoms with van der Waals surface area (Å²) < 4.78 is 16.3. The van der Waals surface area contributed by atoms with Gasteiger partial charge in [-0.2, -0.15) is 0 Å². The van der Waals surface area contributed by atoms with Gasteiger partial charge in [-0.3, -0.25) is 0 Å². The number of methoxy groups -OCH3 is 1. The number of aliphatic hydroxyl groups excluding tert-OH is 3. The van der Waals surface area contributed by atoms with Gasteiger partial charge in [-0.25, -0.2) is 0 Å². The molecule has 1 heterocycles. The monoisotopic (exact) mass is 322 g/mol. The molecule has 1 saturated heterocycles. The SMILES string of the molecule is CO[C@@H]1O[C@@H](C)[C@@H](O)[C@@H](O[C@@H]2C=Cc3ccccc3[C@H]2O)[C@@H]1O. The molecular formula is C17H22O6. The minimum Gasteiger partial charge on any atom is -0.388 e. The van der Waals surface area contributed by atoms with Gasteiger partial charge in [0, 0.05) is 7.11 Å². The maximum absolute atomic E-state index is 10.5. The zero-order chi connectivity index (χ0) is 16.6. The fourth-order valence-electron chi connectivity index (χ4n) is 3.07. The maximum Gasteiger partial charge on any atom is 0.186 e. The third-order valence-corrected chi connectivity index (χ3v) is 4.42. The minimum atomic E-state index is -1.15. The summed E-state index contributed by atoms with van der Waals surface area (Å²) >= 11 is 0. The molecule has 1 fully saturated rings. The molecule has 23 heavy (non-hydrogen) atoms. The number of hydrogen-bond donors (Lipinski definition) is 3. The number of benzene rings is 1. The normalized spacial score (nSPS) is 40.0. The van der Waals surface area contributed by atoms with Crippen molar-refractivity contribution in [2.24, 2.45) is 0 Å². The Morgan fingerprint density at radius 3 is 2.57 bits per heavy atom. The molecule has 0 radical (unpaired) electrons. The summed E-state index contributed by atoms with van der Waals surface area (Å²) in [6.07, 6.45) is -2.45. The molecule has 3 N–H and O–H groups in total. The topological polar surface area (TPSA) is 88.4 Å². The van der Waals surface area contributed by atoms with Crippen LogP contribution in [0, 0.1) is 0 Å². The van der Waals surface area contributed by atoms with Gasteiger partial charge in [-0.05, 0) is 18.1 Å². The summed E-state index contributed by atoms with van der Waals surface area (Å²) in [5.74, 6) is 0. The van der Waals surface area contributed by atoms with Gasteiger partial charge >= 0.3 is 0 Å². The second-order valence-electron chi connectivity index (χ2n) is 5.92. The minimum absolute atomic E-state index is 0.551. The van der Waals surface area contributed by atoms with Gasteiger partial charge in [0.2, 0.25) is 0 Å². The number of fused-ring (bicyclic) bond motifs is 1. The Morgan fingerprint density at radius 2 is 1.83 bits per heavy atom. The molecule has 0 bridgehead atoms. The smallest absolute Gasteiger partial charge is 0.186 e. The second-order valence-corrected chi connectivity index (χ2v) is 5.92. The summed E-state index contributed by atoms with van der Waals surface area (Å²) in [5, 5.41) is 31.1. The quantitative estimate of drug-likeness (QED) is 0.756. The number of ether oxygens (including phenoxy) is 3. The van der Waals surface area contributed by atoms with E-state index in [0.717, 1.165) is 11.1 Å². The highest BCUT2D eigenvalue weighted by atomic mass is 16.7. The van der Waals surface area contributed by atoms with E-state index in [1.54, 1.807) is 13.0 Å². The Labute approximate surface area is 134 Å². The van der Waals surface area contributed by atoms with Crippen LogP contribution in [0.2, 0.25) is 0 Å². The molecule has 1 aromatic rings. The van der Waals surface area contributed by atoms with Crippen LogP contribution in [-0.2, 0) is 14.2 Å². The average molecular weight is 322 g/mol. The summed E-state index contributed by atoms with van der Waals surface area (Å²) in [6, 6.07) is 7.48. The molecule has 0 amide bonds. The van der Waals surface area contributed by atoms with Crippen molar-refractivity contribution in [3.8, 4) is 0 Å². The van der Waals surface area contributed by atoms with Crippen molar-refractivity contribution in [3.05, 3.63) is 41.5 Å². The van der Waals surface area contributed by atoms with E-state index < -0.39 is 42.9 Å². The van der Waals surface area contributed by atoms with E-state index in [-0.39, 0.29) is 0 Å². The highest BCUT2D eigenvalue weighted by Crippen LogP contribution is 2.33. The summed E-state index contributed by atoms with van der Waals surface area (Å²) in [6.45, 7) is 1.68. The summed E-state index contributed by atoms with van der Waals surface area (Å²) in [5.41, 5.74) is 1.68. The van der Waals surface area contributed by atoms with Crippen LogP contribution in [0.5, 0.6) is 0 Å². The van der Waals surface area contributed by atoms with Crippen molar-refractivity contribution in [3.63, 3.8) is 0 Å². The van der Waals surface area contributed by atoms with Gasteiger partial charge in [-0.1, -0.05) is 36.4 Å². The molecule has 0 unspecified atom stereocenters. The van der Waals surface area contributed by atoms with Gasteiger partial charge in [0.05, 0.1) is 6.10 Å². The van der Waals surface area contributed by atoms with E-state index in [9.17, 15) is 15.3 Å². The molecule has 2 aliphatic rings. The van der Waals surface area contributed by atoms with Gasteiger partial charge in [-0.15, -0.1) is 0 Å². The molecule has 6 heteroatoms. The molecular weight excluding hydrogens is 300 g/mol. The van der Waals surface area contributed by atoms with E-state index in [1.807, 2.05) is 30.3 Å². The Kier molecular flexibility index (Phi) is 4.82. The predicted molar refractivity (Wildman–Crippen MR) is 82.5 cm³/mol. The first-order chi connectivity index (χ1) is 11.0. The van der Waals surface area contributed by atoms with E-state index in [2.05, 4.69) is 0 Å². The first-order valence-electron chi connectivity index (χ1n) is 7.68. The van der Waals surface area contributed by atoms with Crippen LogP contribution in [-0.4, -0.2) is 59.2 Å². The third-order valence-electron chi connectivity index (χ3n) is 4.42. The number of aliphatic hydroxyl groups is 3. The molecule has 0 aromatic heterocycles. The molecule has 3 rings (SSSR count). The Morgan fingerprint density at radius 1 is 1.09 bits per heavy atom. The largest absolute Gasteiger partial charge is 0.388 e. The highest BCUT2D eigenvalue weighted by Gasteiger charge is 2.45. The van der Waals surface area contributed by atoms with Crippen molar-refractivity contribution >= 4 is 6.08 Å². The molecule has 0 spiro atoms. The van der Waals surface area contributed by atoms with Crippen molar-refractivity contribution in [1.82, 2.24) is 0 Å². The van der Waals surface area contributed by atoms with Crippen LogP contribution in [0.25, 0.3) is 6.08 Å². The second kappa shape index (κ2) is 6.68. The first-order valence-corrected chi connectivity index (χ1v) is 7.68. The zero-order valence-corrected chi connectivity index (χ0v) is 13.1. The van der Waals surface area contributed by atoms with Crippen LogP contribution in [0.15, 0.2) is 30.3 Å². The van der Waals surface area contributed by atoms with E-state index >= 15 is 0 Å². The molecule has 1 aliphatic carbocycles. The lowest BCUT2D eigenvalue weighted by molar-refractivity contribution is -0.300. The molecule has 7 atom stereocenters. The molecule has 6 nitrogen and oxygen atoms in total. The fraction of sp³-hybridized carbons (Fsp3) is 0.529. The van der Waals surface area contributed by atoms with E-state index in [4.69, 9.17) is 14.2 Å². The van der Waals surface area contributed by atoms with Crippen molar-refractivity contribution in [2.45, 2.75) is 49.8 Å². The van der Waals surface area contributed by atoms with E-state index in [0.29, 0.717) is 0 Å². The van der Waals surface area contributed by atoms with Gasteiger partial charge in [0.1, 0.15) is 30.5 Å². The van der Waals surface area contributed by atoms with E-state index in [1.165, 1.54) is 7.11 Å². The van der Waals surface area contributed by atoms with Gasteiger partial charge in [0.15, 0.2) is 6.29 Å². The highest BCUT2D eigenvalue weighted by molar-refractivity contribution is 5.58.